The summed E-state index contributed by atoms with van der Waals surface area (Å²) >= 11 is 3.23. The van der Waals surface area contributed by atoms with E-state index < -0.39 is 28.0 Å². The fourth-order valence-electron chi connectivity index (χ4n) is 1.74. The molecule has 0 fully saturated rings. The van der Waals surface area contributed by atoms with Crippen molar-refractivity contribution >= 4 is 31.9 Å². The van der Waals surface area contributed by atoms with Gasteiger partial charge in [0.2, 0.25) is 10.0 Å². The summed E-state index contributed by atoms with van der Waals surface area (Å²) in [6, 6.07) is 1.47. The number of hydrogen-bond donors (Lipinski definition) is 2. The number of ether oxygens (including phenoxy) is 2. The summed E-state index contributed by atoms with van der Waals surface area (Å²) in [5.41, 5.74) is 0. The highest BCUT2D eigenvalue weighted by Gasteiger charge is 2.30. The first-order valence-electron chi connectivity index (χ1n) is 6.30. The molecule has 0 bridgehead atoms. The van der Waals surface area contributed by atoms with Crippen LogP contribution in [0.3, 0.4) is 0 Å². The van der Waals surface area contributed by atoms with Crippen molar-refractivity contribution < 1.29 is 27.8 Å². The van der Waals surface area contributed by atoms with Gasteiger partial charge in [0.05, 0.1) is 18.7 Å². The summed E-state index contributed by atoms with van der Waals surface area (Å²) < 4.78 is 37.8. The molecule has 1 atom stereocenters. The lowest BCUT2D eigenvalue weighted by Gasteiger charge is -2.19. The highest BCUT2D eigenvalue weighted by atomic mass is 79.9. The third-order valence-corrected chi connectivity index (χ3v) is 5.02. The number of halogens is 1. The van der Waals surface area contributed by atoms with Gasteiger partial charge in [0.1, 0.15) is 22.4 Å². The number of carbonyl (C=O) groups is 1. The van der Waals surface area contributed by atoms with Gasteiger partial charge in [-0.25, -0.2) is 8.42 Å². The standard InChI is InChI=1S/C13H18BrNO6S/c1-7(2)12(13(16)17)15-22(18,19)11-6-9(20-3)8(14)5-10(11)21-4/h5-7,12,15H,1-4H3,(H,16,17)/t12-/m1/s1. The summed E-state index contributed by atoms with van der Waals surface area (Å²) in [5.74, 6) is -1.30. The summed E-state index contributed by atoms with van der Waals surface area (Å²) in [7, 11) is -1.38. The Morgan fingerprint density at radius 3 is 2.18 bits per heavy atom. The molecule has 0 saturated heterocycles. The van der Waals surface area contributed by atoms with E-state index in [9.17, 15) is 13.2 Å². The van der Waals surface area contributed by atoms with Crippen molar-refractivity contribution in [2.24, 2.45) is 5.92 Å². The average molecular weight is 396 g/mol. The summed E-state index contributed by atoms with van der Waals surface area (Å²) in [6.07, 6.45) is 0. The first-order valence-corrected chi connectivity index (χ1v) is 8.58. The predicted molar refractivity (Wildman–Crippen MR) is 83.8 cm³/mol. The van der Waals surface area contributed by atoms with Crippen LogP contribution in [0.5, 0.6) is 11.5 Å². The molecule has 0 saturated carbocycles. The Morgan fingerprint density at radius 2 is 1.77 bits per heavy atom. The molecule has 0 heterocycles. The fourth-order valence-corrected chi connectivity index (χ4v) is 3.73. The van der Waals surface area contributed by atoms with E-state index in [-0.39, 0.29) is 16.4 Å². The molecule has 22 heavy (non-hydrogen) atoms. The van der Waals surface area contributed by atoms with E-state index in [1.165, 1.54) is 26.4 Å². The average Bonchev–Trinajstić information content (AvgIpc) is 2.43. The first-order chi connectivity index (χ1) is 10.1. The zero-order chi connectivity index (χ0) is 17.1. The molecule has 1 aromatic carbocycles. The van der Waals surface area contributed by atoms with E-state index >= 15 is 0 Å². The minimum atomic E-state index is -4.10. The molecule has 7 nitrogen and oxygen atoms in total. The Balaban J connectivity index is 3.35. The number of sulfonamides is 1. The second-order valence-electron chi connectivity index (χ2n) is 4.82. The van der Waals surface area contributed by atoms with Gasteiger partial charge in [-0.3, -0.25) is 4.79 Å². The lowest BCUT2D eigenvalue weighted by atomic mass is 10.1. The van der Waals surface area contributed by atoms with Crippen molar-refractivity contribution in [3.8, 4) is 11.5 Å². The van der Waals surface area contributed by atoms with E-state index in [2.05, 4.69) is 20.7 Å². The van der Waals surface area contributed by atoms with Crippen LogP contribution in [-0.2, 0) is 14.8 Å². The number of methoxy groups -OCH3 is 2. The van der Waals surface area contributed by atoms with Crippen LogP contribution < -0.4 is 14.2 Å². The molecule has 1 aromatic rings. The van der Waals surface area contributed by atoms with Crippen LogP contribution in [0.2, 0.25) is 0 Å². The molecule has 0 unspecified atom stereocenters. The summed E-state index contributed by atoms with van der Waals surface area (Å²) in [4.78, 5) is 11.0. The van der Waals surface area contributed by atoms with Gasteiger partial charge in [0.15, 0.2) is 0 Å². The summed E-state index contributed by atoms with van der Waals surface area (Å²) in [6.45, 7) is 3.22. The van der Waals surface area contributed by atoms with Gasteiger partial charge in [0.25, 0.3) is 0 Å². The number of carboxylic acid groups (broad SMARTS) is 1. The van der Waals surface area contributed by atoms with Gasteiger partial charge in [-0.2, -0.15) is 4.72 Å². The molecule has 1 rings (SSSR count). The van der Waals surface area contributed by atoms with Gasteiger partial charge >= 0.3 is 5.97 Å². The number of rotatable bonds is 7. The SMILES string of the molecule is COc1cc(S(=O)(=O)N[C@@H](C(=O)O)C(C)C)c(OC)cc1Br. The number of carboxylic acids is 1. The van der Waals surface area contributed by atoms with E-state index in [1.54, 1.807) is 13.8 Å². The third kappa shape index (κ3) is 4.11. The lowest BCUT2D eigenvalue weighted by molar-refractivity contribution is -0.140. The van der Waals surface area contributed by atoms with Gasteiger partial charge in [-0.1, -0.05) is 13.8 Å². The van der Waals surface area contributed by atoms with Crippen LogP contribution in [-0.4, -0.2) is 39.8 Å². The molecule has 0 amide bonds. The van der Waals surface area contributed by atoms with Gasteiger partial charge in [0, 0.05) is 6.07 Å². The maximum absolute atomic E-state index is 12.5. The minimum absolute atomic E-state index is 0.0769. The van der Waals surface area contributed by atoms with Crippen LogP contribution in [0.4, 0.5) is 0 Å². The van der Waals surface area contributed by atoms with Crippen molar-refractivity contribution in [3.05, 3.63) is 16.6 Å². The highest BCUT2D eigenvalue weighted by molar-refractivity contribution is 9.10. The van der Waals surface area contributed by atoms with Crippen molar-refractivity contribution in [1.82, 2.24) is 4.72 Å². The van der Waals surface area contributed by atoms with E-state index in [0.29, 0.717) is 4.47 Å². The van der Waals surface area contributed by atoms with E-state index in [1.807, 2.05) is 0 Å². The zero-order valence-corrected chi connectivity index (χ0v) is 15.0. The molecule has 9 heteroatoms. The quantitative estimate of drug-likeness (QED) is 0.730. The Labute approximate surface area is 137 Å². The molecular formula is C13H18BrNO6S. The second-order valence-corrected chi connectivity index (χ2v) is 7.36. The molecule has 2 N–H and O–H groups in total. The second kappa shape index (κ2) is 7.30. The van der Waals surface area contributed by atoms with Crippen molar-refractivity contribution in [1.29, 1.82) is 0 Å². The molecule has 0 aromatic heterocycles. The Bertz CT molecular complexity index is 659. The van der Waals surface area contributed by atoms with E-state index in [0.717, 1.165) is 0 Å². The highest BCUT2D eigenvalue weighted by Crippen LogP contribution is 2.35. The predicted octanol–water partition coefficient (Wildman–Crippen LogP) is 1.85. The normalized spacial score (nSPS) is 13.0. The van der Waals surface area contributed by atoms with Crippen molar-refractivity contribution in [3.63, 3.8) is 0 Å². The largest absolute Gasteiger partial charge is 0.496 e. The Kier molecular flexibility index (Phi) is 6.21. The van der Waals surface area contributed by atoms with Crippen molar-refractivity contribution in [2.75, 3.05) is 14.2 Å². The third-order valence-electron chi connectivity index (χ3n) is 2.94. The Morgan fingerprint density at radius 1 is 1.23 bits per heavy atom. The van der Waals surface area contributed by atoms with Gasteiger partial charge < -0.3 is 14.6 Å². The molecule has 0 aliphatic carbocycles. The molecule has 0 spiro atoms. The number of nitrogens with one attached hydrogen (secondary N) is 1. The minimum Gasteiger partial charge on any atom is -0.496 e. The maximum Gasteiger partial charge on any atom is 0.322 e. The van der Waals surface area contributed by atoms with E-state index in [4.69, 9.17) is 14.6 Å². The molecule has 0 aliphatic rings. The van der Waals surface area contributed by atoms with Crippen molar-refractivity contribution in [2.45, 2.75) is 24.8 Å². The van der Waals surface area contributed by atoms with Crippen LogP contribution in [0.15, 0.2) is 21.5 Å². The van der Waals surface area contributed by atoms with Gasteiger partial charge in [-0.05, 0) is 27.9 Å². The van der Waals surface area contributed by atoms with Crippen LogP contribution in [0.25, 0.3) is 0 Å². The van der Waals surface area contributed by atoms with Crippen LogP contribution in [0.1, 0.15) is 13.8 Å². The maximum atomic E-state index is 12.5. The molecule has 0 radical (unpaired) electrons. The Hall–Kier alpha value is -1.32. The smallest absolute Gasteiger partial charge is 0.322 e. The van der Waals surface area contributed by atoms with Crippen LogP contribution in [0, 0.1) is 5.92 Å². The summed E-state index contributed by atoms with van der Waals surface area (Å²) in [5, 5.41) is 9.13. The topological polar surface area (TPSA) is 102 Å². The molecule has 0 aliphatic heterocycles. The number of aliphatic carboxylic acids is 1. The molecule has 124 valence electrons. The monoisotopic (exact) mass is 395 g/mol. The first kappa shape index (κ1) is 18.7. The zero-order valence-electron chi connectivity index (χ0n) is 12.6. The number of benzene rings is 1. The number of hydrogen-bond acceptors (Lipinski definition) is 5. The van der Waals surface area contributed by atoms with Crippen LogP contribution >= 0.6 is 15.9 Å². The molecular weight excluding hydrogens is 378 g/mol. The lowest BCUT2D eigenvalue weighted by Crippen LogP contribution is -2.44. The van der Waals surface area contributed by atoms with Gasteiger partial charge in [-0.15, -0.1) is 0 Å². The fraction of sp³-hybridized carbons (Fsp3) is 0.462.